The fraction of sp³-hybridized carbons (Fsp3) is 0.417. The van der Waals surface area contributed by atoms with E-state index in [1.165, 1.54) is 42.5 Å². The molecule has 3 atom stereocenters. The molecule has 1 fully saturated rings. The minimum absolute atomic E-state index is 0.00589. The first-order valence-electron chi connectivity index (χ1n) is 17.4. The quantitative estimate of drug-likeness (QED) is 0.0422. The highest BCUT2D eigenvalue weighted by molar-refractivity contribution is 8.18. The van der Waals surface area contributed by atoms with Crippen LogP contribution in [-0.4, -0.2) is 76.8 Å². The van der Waals surface area contributed by atoms with E-state index in [2.05, 4.69) is 20.9 Å². The predicted octanol–water partition coefficient (Wildman–Crippen LogP) is 1.99. The Morgan fingerprint density at radius 3 is 2.04 bits per heavy atom. The molecule has 0 unspecified atom stereocenters. The number of aliphatic imine (C=N–C) groups is 1. The second kappa shape index (κ2) is 21.3. The van der Waals surface area contributed by atoms with Crippen molar-refractivity contribution in [1.82, 2.24) is 20.9 Å². The van der Waals surface area contributed by atoms with Crippen LogP contribution in [0, 0.1) is 5.82 Å². The van der Waals surface area contributed by atoms with Gasteiger partial charge in [0, 0.05) is 12.1 Å². The number of nitrogens with two attached hydrogens (primary N) is 4. The van der Waals surface area contributed by atoms with E-state index in [-0.39, 0.29) is 42.4 Å². The van der Waals surface area contributed by atoms with Crippen molar-refractivity contribution >= 4 is 58.6 Å². The number of guanidine groups is 1. The molecular formula is C36H48FN9O6S. The number of hydrogen-bond donors (Lipinski definition) is 7. The van der Waals surface area contributed by atoms with Crippen LogP contribution >= 0.6 is 11.8 Å². The maximum absolute atomic E-state index is 13.6. The average molecular weight is 754 g/mol. The van der Waals surface area contributed by atoms with Crippen molar-refractivity contribution in [2.24, 2.45) is 27.9 Å². The monoisotopic (exact) mass is 753 g/mol. The molecule has 2 aromatic carbocycles. The van der Waals surface area contributed by atoms with Gasteiger partial charge >= 0.3 is 0 Å². The summed E-state index contributed by atoms with van der Waals surface area (Å²) in [7, 11) is 0. The van der Waals surface area contributed by atoms with Gasteiger partial charge in [0.05, 0.1) is 11.4 Å². The van der Waals surface area contributed by atoms with E-state index in [0.29, 0.717) is 49.8 Å². The summed E-state index contributed by atoms with van der Waals surface area (Å²) in [4.78, 5) is 83.1. The molecule has 1 heterocycles. The molecule has 15 nitrogen and oxygen atoms in total. The molecule has 0 aromatic heterocycles. The molecule has 17 heteroatoms. The molecule has 0 radical (unpaired) electrons. The van der Waals surface area contributed by atoms with Crippen molar-refractivity contribution < 1.29 is 33.2 Å². The summed E-state index contributed by atoms with van der Waals surface area (Å²) in [5, 5.41) is 7.64. The van der Waals surface area contributed by atoms with E-state index in [0.717, 1.165) is 23.1 Å². The molecule has 1 saturated heterocycles. The Morgan fingerprint density at radius 2 is 1.43 bits per heavy atom. The Hall–Kier alpha value is -5.29. The Morgan fingerprint density at radius 1 is 0.830 bits per heavy atom. The Bertz CT molecular complexity index is 1670. The molecule has 1 aliphatic rings. The molecule has 6 amide bonds. The lowest BCUT2D eigenvalue weighted by atomic mass is 10.0. The van der Waals surface area contributed by atoms with Crippen LogP contribution in [0.1, 0.15) is 79.8 Å². The molecule has 53 heavy (non-hydrogen) atoms. The number of unbranched alkanes of at least 4 members (excludes halogenated alkanes) is 2. The number of hydrogen-bond acceptors (Lipinski definition) is 9. The van der Waals surface area contributed by atoms with E-state index < -0.39 is 58.7 Å². The molecule has 11 N–H and O–H groups in total. The number of amides is 6. The number of imide groups is 1. The Kier molecular flexibility index (Phi) is 16.9. The van der Waals surface area contributed by atoms with Crippen molar-refractivity contribution in [3.05, 3.63) is 75.9 Å². The van der Waals surface area contributed by atoms with Gasteiger partial charge in [0.15, 0.2) is 5.96 Å². The number of nitrogens with one attached hydrogen (secondary N) is 3. The molecule has 2 aromatic rings. The van der Waals surface area contributed by atoms with E-state index in [4.69, 9.17) is 22.9 Å². The van der Waals surface area contributed by atoms with Gasteiger partial charge in [0.25, 0.3) is 17.1 Å². The number of carbonyl (C=O) groups is 6. The van der Waals surface area contributed by atoms with Crippen LogP contribution in [0.15, 0.2) is 58.4 Å². The number of nitrogens with zero attached hydrogens (tertiary/aromatic N) is 2. The van der Waals surface area contributed by atoms with Crippen molar-refractivity contribution in [1.29, 1.82) is 0 Å². The summed E-state index contributed by atoms with van der Waals surface area (Å²) in [6, 6.07) is 8.64. The zero-order valence-electron chi connectivity index (χ0n) is 29.6. The summed E-state index contributed by atoms with van der Waals surface area (Å²) in [6.07, 6.45) is 5.11. The number of thioether (sulfide) groups is 1. The summed E-state index contributed by atoms with van der Waals surface area (Å²) in [5.74, 6) is -3.54. The zero-order chi connectivity index (χ0) is 38.9. The highest BCUT2D eigenvalue weighted by atomic mass is 32.2. The Balaban J connectivity index is 1.73. The maximum atomic E-state index is 13.6. The van der Waals surface area contributed by atoms with Crippen LogP contribution in [0.3, 0.4) is 0 Å². The fourth-order valence-corrected chi connectivity index (χ4v) is 6.14. The number of benzene rings is 2. The number of halogens is 1. The largest absolute Gasteiger partial charge is 0.370 e. The second-order valence-electron chi connectivity index (χ2n) is 12.4. The number of primary amides is 1. The maximum Gasteiger partial charge on any atom is 0.293 e. The van der Waals surface area contributed by atoms with Crippen LogP contribution in [0.25, 0.3) is 6.08 Å². The van der Waals surface area contributed by atoms with Gasteiger partial charge in [-0.05, 0) is 98.3 Å². The molecule has 0 aliphatic carbocycles. The first-order chi connectivity index (χ1) is 25.3. The summed E-state index contributed by atoms with van der Waals surface area (Å²) in [5.41, 5.74) is 23.4. The third-order valence-corrected chi connectivity index (χ3v) is 9.16. The molecular weight excluding hydrogens is 706 g/mol. The second-order valence-corrected chi connectivity index (χ2v) is 13.4. The van der Waals surface area contributed by atoms with Gasteiger partial charge < -0.3 is 38.9 Å². The minimum Gasteiger partial charge on any atom is -0.370 e. The van der Waals surface area contributed by atoms with Gasteiger partial charge in [0.1, 0.15) is 23.9 Å². The van der Waals surface area contributed by atoms with E-state index in [1.807, 2.05) is 6.92 Å². The van der Waals surface area contributed by atoms with Crippen LogP contribution in [0.4, 0.5) is 9.18 Å². The SMILES string of the molecule is CCCC[C@H](NC(=O)[C@H](CCCCN)NC(=O)[C@H](CCCN=C(N)N)NC(=O)c1ccc(/C=C2\SC(=O)N(Cc3ccc(F)cc3)C2=O)cc1)C(N)=O. The van der Waals surface area contributed by atoms with Gasteiger partial charge in [-0.3, -0.25) is 38.7 Å². The van der Waals surface area contributed by atoms with Crippen LogP contribution in [-0.2, 0) is 25.7 Å². The molecule has 0 saturated carbocycles. The van der Waals surface area contributed by atoms with Crippen LogP contribution in [0.5, 0.6) is 0 Å². The van der Waals surface area contributed by atoms with Crippen molar-refractivity contribution in [3.8, 4) is 0 Å². The van der Waals surface area contributed by atoms with Crippen LogP contribution < -0.4 is 38.9 Å². The average Bonchev–Trinajstić information content (AvgIpc) is 3.38. The fourth-order valence-electron chi connectivity index (χ4n) is 5.30. The Labute approximate surface area is 311 Å². The number of carbonyl (C=O) groups excluding carboxylic acids is 6. The van der Waals surface area contributed by atoms with Gasteiger partial charge in [-0.25, -0.2) is 4.39 Å². The van der Waals surface area contributed by atoms with Crippen molar-refractivity contribution in [3.63, 3.8) is 0 Å². The smallest absolute Gasteiger partial charge is 0.293 e. The van der Waals surface area contributed by atoms with Crippen molar-refractivity contribution in [2.75, 3.05) is 13.1 Å². The number of rotatable bonds is 21. The standard InChI is InChI=1S/C36H48FN9O6S/c1-2-3-7-26(30(39)47)43-32(49)27(8-4-5-18-38)45-33(50)28(9-6-19-42-35(40)41)44-31(48)24-14-10-22(11-15-24)20-29-34(51)46(36(52)53-29)21-23-12-16-25(37)17-13-23/h10-17,20,26-28H,2-9,18-19,21,38H2,1H3,(H2,39,47)(H,43,49)(H,44,48)(H,45,50)(H4,40,41,42)/b29-20-/t26-,27-,28-/m0/s1. The van der Waals surface area contributed by atoms with Gasteiger partial charge in [-0.1, -0.05) is 44.0 Å². The lowest BCUT2D eigenvalue weighted by Crippen LogP contribution is -2.56. The lowest BCUT2D eigenvalue weighted by Gasteiger charge is -2.25. The van der Waals surface area contributed by atoms with Gasteiger partial charge in [-0.15, -0.1) is 0 Å². The van der Waals surface area contributed by atoms with Crippen molar-refractivity contribution in [2.45, 2.75) is 83.0 Å². The molecule has 286 valence electrons. The third-order valence-electron chi connectivity index (χ3n) is 8.25. The summed E-state index contributed by atoms with van der Waals surface area (Å²) in [6.45, 7) is 2.50. The van der Waals surface area contributed by atoms with Gasteiger partial charge in [0.2, 0.25) is 17.7 Å². The summed E-state index contributed by atoms with van der Waals surface area (Å²) < 4.78 is 13.3. The van der Waals surface area contributed by atoms with Crippen LogP contribution in [0.2, 0.25) is 0 Å². The first-order valence-corrected chi connectivity index (χ1v) is 18.2. The van der Waals surface area contributed by atoms with E-state index in [1.54, 1.807) is 12.1 Å². The van der Waals surface area contributed by atoms with E-state index >= 15 is 0 Å². The lowest BCUT2D eigenvalue weighted by molar-refractivity contribution is -0.132. The highest BCUT2D eigenvalue weighted by Gasteiger charge is 2.35. The normalized spacial score (nSPS) is 15.1. The summed E-state index contributed by atoms with van der Waals surface area (Å²) >= 11 is 0.771. The zero-order valence-corrected chi connectivity index (χ0v) is 30.5. The molecule has 3 rings (SSSR count). The molecule has 0 bridgehead atoms. The first kappa shape index (κ1) is 42.1. The minimum atomic E-state index is -1.10. The topological polar surface area (TPSA) is 258 Å². The van der Waals surface area contributed by atoms with Gasteiger partial charge in [-0.2, -0.15) is 0 Å². The van der Waals surface area contributed by atoms with E-state index in [9.17, 15) is 33.2 Å². The highest BCUT2D eigenvalue weighted by Crippen LogP contribution is 2.33. The predicted molar refractivity (Wildman–Crippen MR) is 201 cm³/mol. The molecule has 0 spiro atoms. The third kappa shape index (κ3) is 13.6. The molecule has 1 aliphatic heterocycles.